The Bertz CT molecular complexity index is 682. The zero-order chi connectivity index (χ0) is 12.0. The highest BCUT2D eigenvalue weighted by atomic mass is 32.1. The van der Waals surface area contributed by atoms with Crippen molar-refractivity contribution in [2.75, 3.05) is 5.73 Å². The summed E-state index contributed by atoms with van der Waals surface area (Å²) in [6.07, 6.45) is 1.80. The van der Waals surface area contributed by atoms with Crippen molar-refractivity contribution >= 4 is 22.8 Å². The molecular formula is C12H12N4S. The minimum absolute atomic E-state index is 0.682. The number of nitrogens with two attached hydrogens (primary N) is 1. The number of hydrogen-bond donors (Lipinski definition) is 1. The van der Waals surface area contributed by atoms with Crippen LogP contribution in [0.2, 0.25) is 0 Å². The van der Waals surface area contributed by atoms with Crippen LogP contribution in [0.5, 0.6) is 0 Å². The number of thiazole rings is 1. The van der Waals surface area contributed by atoms with Crippen LogP contribution in [0, 0.1) is 13.8 Å². The highest BCUT2D eigenvalue weighted by Crippen LogP contribution is 2.30. The van der Waals surface area contributed by atoms with E-state index >= 15 is 0 Å². The molecule has 0 bridgehead atoms. The predicted molar refractivity (Wildman–Crippen MR) is 70.2 cm³/mol. The molecule has 0 aliphatic heterocycles. The second-order valence-electron chi connectivity index (χ2n) is 4.08. The lowest BCUT2D eigenvalue weighted by Crippen LogP contribution is -1.98. The topological polar surface area (TPSA) is 56.2 Å². The summed E-state index contributed by atoms with van der Waals surface area (Å²) in [6.45, 7) is 4.10. The quantitative estimate of drug-likeness (QED) is 0.716. The molecule has 0 unspecified atom stereocenters. The summed E-state index contributed by atoms with van der Waals surface area (Å²) in [7, 11) is 0. The molecule has 0 aliphatic rings. The number of imidazole rings is 1. The van der Waals surface area contributed by atoms with E-state index in [1.807, 2.05) is 17.4 Å². The lowest BCUT2D eigenvalue weighted by molar-refractivity contribution is 1.09. The molecule has 3 rings (SSSR count). The van der Waals surface area contributed by atoms with Crippen molar-refractivity contribution in [1.82, 2.24) is 14.4 Å². The summed E-state index contributed by atoms with van der Waals surface area (Å²) in [5.41, 5.74) is 12.0. The first-order valence-electron chi connectivity index (χ1n) is 5.31. The molecule has 0 atom stereocenters. The molecule has 0 aliphatic carbocycles. The van der Waals surface area contributed by atoms with Crippen molar-refractivity contribution in [3.8, 4) is 10.6 Å². The monoisotopic (exact) mass is 244 g/mol. The van der Waals surface area contributed by atoms with Gasteiger partial charge in [-0.3, -0.25) is 9.38 Å². The zero-order valence-corrected chi connectivity index (χ0v) is 10.5. The third-order valence-corrected chi connectivity index (χ3v) is 3.53. The van der Waals surface area contributed by atoms with E-state index in [2.05, 4.69) is 23.0 Å². The van der Waals surface area contributed by atoms with Gasteiger partial charge in [0.05, 0.1) is 10.4 Å². The van der Waals surface area contributed by atoms with Crippen molar-refractivity contribution in [2.24, 2.45) is 0 Å². The molecule has 0 radical (unpaired) electrons. The Morgan fingerprint density at radius 2 is 2.12 bits per heavy atom. The van der Waals surface area contributed by atoms with Gasteiger partial charge in [0.25, 0.3) is 0 Å². The molecule has 0 aromatic carbocycles. The molecule has 3 aromatic rings. The number of rotatable bonds is 1. The van der Waals surface area contributed by atoms with Crippen LogP contribution < -0.4 is 5.73 Å². The van der Waals surface area contributed by atoms with Gasteiger partial charge in [-0.05, 0) is 31.5 Å². The molecule has 3 aromatic heterocycles. The summed E-state index contributed by atoms with van der Waals surface area (Å²) < 4.78 is 1.97. The Kier molecular flexibility index (Phi) is 2.16. The molecule has 86 valence electrons. The predicted octanol–water partition coefficient (Wildman–Crippen LogP) is 2.66. The Labute approximate surface area is 103 Å². The van der Waals surface area contributed by atoms with E-state index in [4.69, 9.17) is 5.73 Å². The van der Waals surface area contributed by atoms with Gasteiger partial charge in [0.15, 0.2) is 0 Å². The van der Waals surface area contributed by atoms with Gasteiger partial charge in [0.1, 0.15) is 17.2 Å². The summed E-state index contributed by atoms with van der Waals surface area (Å²) in [5, 5.41) is 0. The number of anilines is 1. The van der Waals surface area contributed by atoms with E-state index in [0.717, 1.165) is 21.9 Å². The molecule has 2 N–H and O–H groups in total. The Balaban J connectivity index is 2.36. The second-order valence-corrected chi connectivity index (χ2v) is 4.97. The minimum Gasteiger partial charge on any atom is -0.383 e. The first kappa shape index (κ1) is 10.3. The average Bonchev–Trinajstić information content (AvgIpc) is 2.85. The summed E-state index contributed by atoms with van der Waals surface area (Å²) in [4.78, 5) is 9.65. The number of aromatic nitrogens is 3. The molecule has 5 heteroatoms. The van der Waals surface area contributed by atoms with E-state index < -0.39 is 0 Å². The Morgan fingerprint density at radius 3 is 2.82 bits per heavy atom. The molecule has 0 saturated heterocycles. The fourth-order valence-corrected chi connectivity index (χ4v) is 2.69. The normalized spacial score (nSPS) is 11.2. The fraction of sp³-hybridized carbons (Fsp3) is 0.167. The Hall–Kier alpha value is -1.88. The fourth-order valence-electron chi connectivity index (χ4n) is 2.07. The van der Waals surface area contributed by atoms with Crippen LogP contribution in [-0.2, 0) is 0 Å². The van der Waals surface area contributed by atoms with Gasteiger partial charge >= 0.3 is 0 Å². The molecule has 0 spiro atoms. The van der Waals surface area contributed by atoms with E-state index in [1.165, 1.54) is 5.56 Å². The number of nitrogens with zero attached hydrogens (tertiary/aromatic N) is 3. The van der Waals surface area contributed by atoms with E-state index in [-0.39, 0.29) is 0 Å². The number of fused-ring (bicyclic) bond motifs is 1. The van der Waals surface area contributed by atoms with Crippen molar-refractivity contribution in [3.63, 3.8) is 0 Å². The lowest BCUT2D eigenvalue weighted by atomic mass is 10.2. The molecule has 4 nitrogen and oxygen atoms in total. The van der Waals surface area contributed by atoms with Gasteiger partial charge in [-0.15, -0.1) is 11.3 Å². The summed E-state index contributed by atoms with van der Waals surface area (Å²) in [6, 6.07) is 4.13. The molecular weight excluding hydrogens is 232 g/mol. The maximum absolute atomic E-state index is 6.16. The van der Waals surface area contributed by atoms with Gasteiger partial charge < -0.3 is 5.73 Å². The van der Waals surface area contributed by atoms with Gasteiger partial charge in [-0.2, -0.15) is 0 Å². The standard InChI is InChI=1S/C12H12N4S/c1-7-3-8(2)16-10(4-7)15-11(12(16)13)9-5-14-6-17-9/h3-6H,13H2,1-2H3. The molecule has 0 fully saturated rings. The van der Waals surface area contributed by atoms with Crippen LogP contribution in [0.4, 0.5) is 5.82 Å². The molecule has 0 saturated carbocycles. The minimum atomic E-state index is 0.682. The van der Waals surface area contributed by atoms with Gasteiger partial charge in [0, 0.05) is 11.9 Å². The Morgan fingerprint density at radius 1 is 1.29 bits per heavy atom. The second kappa shape index (κ2) is 3.56. The summed E-state index contributed by atoms with van der Waals surface area (Å²) >= 11 is 1.55. The van der Waals surface area contributed by atoms with E-state index in [9.17, 15) is 0 Å². The van der Waals surface area contributed by atoms with Crippen LogP contribution in [-0.4, -0.2) is 14.4 Å². The van der Waals surface area contributed by atoms with Crippen LogP contribution in [0.25, 0.3) is 16.2 Å². The van der Waals surface area contributed by atoms with Crippen LogP contribution in [0.3, 0.4) is 0 Å². The van der Waals surface area contributed by atoms with Crippen molar-refractivity contribution in [2.45, 2.75) is 13.8 Å². The largest absolute Gasteiger partial charge is 0.383 e. The van der Waals surface area contributed by atoms with Crippen molar-refractivity contribution < 1.29 is 0 Å². The number of nitrogen functional groups attached to an aromatic ring is 1. The van der Waals surface area contributed by atoms with Gasteiger partial charge in [-0.1, -0.05) is 0 Å². The third kappa shape index (κ3) is 1.51. The van der Waals surface area contributed by atoms with Gasteiger partial charge in [-0.25, -0.2) is 4.98 Å². The highest BCUT2D eigenvalue weighted by Gasteiger charge is 2.13. The molecule has 0 amide bonds. The van der Waals surface area contributed by atoms with Crippen molar-refractivity contribution in [1.29, 1.82) is 0 Å². The SMILES string of the molecule is Cc1cc(C)n2c(N)c(-c3cncs3)nc2c1. The number of pyridine rings is 1. The number of hydrogen-bond acceptors (Lipinski definition) is 4. The van der Waals surface area contributed by atoms with Crippen LogP contribution in [0.1, 0.15) is 11.3 Å². The first-order chi connectivity index (χ1) is 8.16. The lowest BCUT2D eigenvalue weighted by Gasteiger charge is -2.03. The van der Waals surface area contributed by atoms with E-state index in [0.29, 0.717) is 5.82 Å². The first-order valence-corrected chi connectivity index (χ1v) is 6.19. The van der Waals surface area contributed by atoms with E-state index in [1.54, 1.807) is 23.0 Å². The van der Waals surface area contributed by atoms with Crippen LogP contribution >= 0.6 is 11.3 Å². The summed E-state index contributed by atoms with van der Waals surface area (Å²) in [5.74, 6) is 0.682. The zero-order valence-electron chi connectivity index (χ0n) is 9.64. The molecule has 3 heterocycles. The number of aryl methyl sites for hydroxylation is 2. The van der Waals surface area contributed by atoms with Crippen molar-refractivity contribution in [3.05, 3.63) is 35.1 Å². The molecule has 17 heavy (non-hydrogen) atoms. The average molecular weight is 244 g/mol. The van der Waals surface area contributed by atoms with Crippen LogP contribution in [0.15, 0.2) is 23.8 Å². The highest BCUT2D eigenvalue weighted by molar-refractivity contribution is 7.13. The smallest absolute Gasteiger partial charge is 0.139 e. The third-order valence-electron chi connectivity index (χ3n) is 2.75. The van der Waals surface area contributed by atoms with Gasteiger partial charge in [0.2, 0.25) is 0 Å². The maximum Gasteiger partial charge on any atom is 0.139 e. The maximum atomic E-state index is 6.16.